The van der Waals surface area contributed by atoms with Crippen LogP contribution in [0.25, 0.3) is 0 Å². The van der Waals surface area contributed by atoms with E-state index in [0.29, 0.717) is 37.2 Å². The number of nitriles is 1. The number of aliphatic carboxylic acids is 1. The molecule has 1 aliphatic heterocycles. The number of hydrogen-bond acceptors (Lipinski definition) is 4. The Morgan fingerprint density at radius 1 is 1.11 bits per heavy atom. The maximum atomic E-state index is 12.8. The summed E-state index contributed by atoms with van der Waals surface area (Å²) < 4.78 is 5.71. The number of ether oxygens (including phenoxy) is 1. The Kier molecular flexibility index (Phi) is 5.65. The van der Waals surface area contributed by atoms with Gasteiger partial charge < -0.3 is 14.7 Å². The van der Waals surface area contributed by atoms with Gasteiger partial charge in [-0.2, -0.15) is 5.26 Å². The number of benzene rings is 2. The van der Waals surface area contributed by atoms with Gasteiger partial charge in [-0.1, -0.05) is 42.5 Å². The first-order valence-corrected chi connectivity index (χ1v) is 9.21. The minimum absolute atomic E-state index is 0.209. The van der Waals surface area contributed by atoms with Gasteiger partial charge in [-0.05, 0) is 37.5 Å². The predicted molar refractivity (Wildman–Crippen MR) is 103 cm³/mol. The van der Waals surface area contributed by atoms with Crippen molar-refractivity contribution in [2.24, 2.45) is 0 Å². The lowest BCUT2D eigenvalue weighted by atomic mass is 9.73. The van der Waals surface area contributed by atoms with Crippen molar-refractivity contribution in [1.82, 2.24) is 4.90 Å². The van der Waals surface area contributed by atoms with Gasteiger partial charge in [0.05, 0.1) is 11.0 Å². The summed E-state index contributed by atoms with van der Waals surface area (Å²) in [6.45, 7) is 2.33. The fraction of sp³-hybridized carbons (Fsp3) is 0.318. The fourth-order valence-electron chi connectivity index (χ4n) is 3.65. The van der Waals surface area contributed by atoms with E-state index in [9.17, 15) is 14.7 Å². The Morgan fingerprint density at radius 3 is 2.32 bits per heavy atom. The van der Waals surface area contributed by atoms with E-state index in [2.05, 4.69) is 0 Å². The number of para-hydroxylation sites is 1. The predicted octanol–water partition coefficient (Wildman–Crippen LogP) is 2.97. The molecule has 0 aromatic heterocycles. The monoisotopic (exact) mass is 378 g/mol. The highest BCUT2D eigenvalue weighted by Crippen LogP contribution is 2.36. The quantitative estimate of drug-likeness (QED) is 0.864. The highest BCUT2D eigenvalue weighted by molar-refractivity contribution is 5.84. The van der Waals surface area contributed by atoms with E-state index in [1.165, 1.54) is 0 Å². The summed E-state index contributed by atoms with van der Waals surface area (Å²) in [6, 6.07) is 18.0. The van der Waals surface area contributed by atoms with Gasteiger partial charge >= 0.3 is 5.97 Å². The lowest BCUT2D eigenvalue weighted by molar-refractivity contribution is -0.149. The van der Waals surface area contributed by atoms with Crippen molar-refractivity contribution < 1.29 is 19.4 Å². The Balaban J connectivity index is 1.69. The van der Waals surface area contributed by atoms with Crippen LogP contribution >= 0.6 is 0 Å². The molecule has 2 aromatic carbocycles. The first kappa shape index (κ1) is 19.4. The molecule has 0 aliphatic carbocycles. The molecule has 0 saturated carbocycles. The second-order valence-corrected chi connectivity index (χ2v) is 6.95. The van der Waals surface area contributed by atoms with Crippen LogP contribution in [0.2, 0.25) is 0 Å². The second-order valence-electron chi connectivity index (χ2n) is 6.95. The van der Waals surface area contributed by atoms with E-state index in [0.717, 1.165) is 5.56 Å². The van der Waals surface area contributed by atoms with Gasteiger partial charge in [0, 0.05) is 13.1 Å². The summed E-state index contributed by atoms with van der Waals surface area (Å²) >= 11 is 0. The van der Waals surface area contributed by atoms with Crippen LogP contribution in [0.4, 0.5) is 0 Å². The molecule has 144 valence electrons. The molecule has 6 nitrogen and oxygen atoms in total. The zero-order valence-corrected chi connectivity index (χ0v) is 15.7. The number of hydrogen-bond donors (Lipinski definition) is 1. The van der Waals surface area contributed by atoms with Crippen LogP contribution in [0.3, 0.4) is 0 Å². The van der Waals surface area contributed by atoms with Crippen molar-refractivity contribution in [3.8, 4) is 11.8 Å². The molecule has 1 aliphatic rings. The Morgan fingerprint density at radius 2 is 1.71 bits per heavy atom. The number of carbonyl (C=O) groups is 2. The van der Waals surface area contributed by atoms with Crippen molar-refractivity contribution in [3.05, 3.63) is 65.7 Å². The highest BCUT2D eigenvalue weighted by Gasteiger charge is 2.44. The van der Waals surface area contributed by atoms with Crippen LogP contribution in [0.5, 0.6) is 5.75 Å². The molecule has 3 rings (SSSR count). The molecular weight excluding hydrogens is 356 g/mol. The lowest BCUT2D eigenvalue weighted by Crippen LogP contribution is -2.51. The van der Waals surface area contributed by atoms with Crippen molar-refractivity contribution in [1.29, 1.82) is 5.26 Å². The molecule has 1 saturated heterocycles. The minimum atomic E-state index is -0.977. The van der Waals surface area contributed by atoms with Crippen LogP contribution in [0.15, 0.2) is 54.6 Å². The first-order valence-electron chi connectivity index (χ1n) is 9.21. The number of carboxylic acid groups (broad SMARTS) is 1. The Labute approximate surface area is 164 Å². The number of nitrogens with zero attached hydrogens (tertiary/aromatic N) is 2. The standard InChI is InChI=1S/C22H22N2O4/c1-16(28-19-10-6-5-7-17(19)15-23)20(25)24-13-11-22(12-14-24,21(26)27)18-8-3-2-4-9-18/h2-10,16H,11-14H2,1H3,(H,26,27). The summed E-state index contributed by atoms with van der Waals surface area (Å²) in [5, 5.41) is 19.0. The molecule has 0 bridgehead atoms. The molecule has 1 unspecified atom stereocenters. The zero-order chi connectivity index (χ0) is 20.1. The molecule has 1 fully saturated rings. The molecule has 0 spiro atoms. The zero-order valence-electron chi connectivity index (χ0n) is 15.7. The van der Waals surface area contributed by atoms with Crippen LogP contribution in [-0.2, 0) is 15.0 Å². The highest BCUT2D eigenvalue weighted by atomic mass is 16.5. The second kappa shape index (κ2) is 8.13. The smallest absolute Gasteiger partial charge is 0.314 e. The Hall–Kier alpha value is -3.33. The van der Waals surface area contributed by atoms with Gasteiger partial charge in [0.15, 0.2) is 6.10 Å². The van der Waals surface area contributed by atoms with Crippen LogP contribution in [0.1, 0.15) is 30.9 Å². The number of piperidine rings is 1. The van der Waals surface area contributed by atoms with Gasteiger partial charge in [0.25, 0.3) is 5.91 Å². The molecular formula is C22H22N2O4. The van der Waals surface area contributed by atoms with Crippen molar-refractivity contribution in [2.75, 3.05) is 13.1 Å². The number of rotatable bonds is 5. The van der Waals surface area contributed by atoms with Gasteiger partial charge in [-0.15, -0.1) is 0 Å². The molecule has 1 heterocycles. The van der Waals surface area contributed by atoms with E-state index in [1.54, 1.807) is 36.1 Å². The van der Waals surface area contributed by atoms with Crippen molar-refractivity contribution >= 4 is 11.9 Å². The normalized spacial score (nSPS) is 16.6. The molecule has 1 N–H and O–H groups in total. The van der Waals surface area contributed by atoms with Crippen LogP contribution < -0.4 is 4.74 Å². The third kappa shape index (κ3) is 3.70. The summed E-state index contributed by atoms with van der Waals surface area (Å²) in [5.74, 6) is -0.704. The molecule has 0 radical (unpaired) electrons. The maximum absolute atomic E-state index is 12.8. The summed E-state index contributed by atoms with van der Waals surface area (Å²) in [7, 11) is 0. The average Bonchev–Trinajstić information content (AvgIpc) is 2.74. The van der Waals surface area contributed by atoms with E-state index >= 15 is 0 Å². The molecule has 6 heteroatoms. The number of carboxylic acids is 1. The van der Waals surface area contributed by atoms with Crippen molar-refractivity contribution in [3.63, 3.8) is 0 Å². The van der Waals surface area contributed by atoms with Gasteiger partial charge in [-0.3, -0.25) is 9.59 Å². The molecule has 1 amide bonds. The summed E-state index contributed by atoms with van der Waals surface area (Å²) in [6.07, 6.45) is -0.0670. The third-order valence-electron chi connectivity index (χ3n) is 5.32. The average molecular weight is 378 g/mol. The van der Waals surface area contributed by atoms with Gasteiger partial charge in [-0.25, -0.2) is 0 Å². The third-order valence-corrected chi connectivity index (χ3v) is 5.32. The minimum Gasteiger partial charge on any atom is -0.481 e. The topological polar surface area (TPSA) is 90.6 Å². The van der Waals surface area contributed by atoms with E-state index in [-0.39, 0.29) is 5.91 Å². The van der Waals surface area contributed by atoms with Crippen LogP contribution in [-0.4, -0.2) is 41.1 Å². The summed E-state index contributed by atoms with van der Waals surface area (Å²) in [5.41, 5.74) is 0.159. The summed E-state index contributed by atoms with van der Waals surface area (Å²) in [4.78, 5) is 26.5. The largest absolute Gasteiger partial charge is 0.481 e. The molecule has 28 heavy (non-hydrogen) atoms. The van der Waals surface area contributed by atoms with E-state index in [1.807, 2.05) is 36.4 Å². The number of carbonyl (C=O) groups excluding carboxylic acids is 1. The van der Waals surface area contributed by atoms with E-state index < -0.39 is 17.5 Å². The van der Waals surface area contributed by atoms with Gasteiger partial charge in [0.2, 0.25) is 0 Å². The molecule has 2 aromatic rings. The number of likely N-dealkylation sites (tertiary alicyclic amines) is 1. The first-order chi connectivity index (χ1) is 13.5. The molecule has 1 atom stereocenters. The van der Waals surface area contributed by atoms with Gasteiger partial charge in [0.1, 0.15) is 11.8 Å². The lowest BCUT2D eigenvalue weighted by Gasteiger charge is -2.40. The fourth-order valence-corrected chi connectivity index (χ4v) is 3.65. The van der Waals surface area contributed by atoms with E-state index in [4.69, 9.17) is 10.00 Å². The number of amides is 1. The maximum Gasteiger partial charge on any atom is 0.314 e. The Bertz CT molecular complexity index is 896. The SMILES string of the molecule is CC(Oc1ccccc1C#N)C(=O)N1CCC(C(=O)O)(c2ccccc2)CC1. The van der Waals surface area contributed by atoms with Crippen molar-refractivity contribution in [2.45, 2.75) is 31.3 Å². The van der Waals surface area contributed by atoms with Crippen LogP contribution in [0, 0.1) is 11.3 Å².